The number of hydrogen-bond donors (Lipinski definition) is 2. The van der Waals surface area contributed by atoms with Crippen molar-refractivity contribution in [3.8, 4) is 0 Å². The Bertz CT molecular complexity index is 689. The lowest BCUT2D eigenvalue weighted by Crippen LogP contribution is -2.10. The van der Waals surface area contributed by atoms with Gasteiger partial charge in [0.25, 0.3) is 0 Å². The van der Waals surface area contributed by atoms with Crippen LogP contribution < -0.4 is 11.1 Å². The summed E-state index contributed by atoms with van der Waals surface area (Å²) in [7, 11) is -1.51. The number of aryl methyl sites for hydroxylation is 1. The number of sulfone groups is 1. The molecule has 0 fully saturated rings. The van der Waals surface area contributed by atoms with Crippen molar-refractivity contribution in [2.75, 3.05) is 23.3 Å². The minimum absolute atomic E-state index is 0.00684. The molecule has 0 aliphatic heterocycles. The fraction of sp³-hybridized carbons (Fsp3) is 0.455. The quantitative estimate of drug-likeness (QED) is 0.821. The van der Waals surface area contributed by atoms with Crippen molar-refractivity contribution >= 4 is 32.2 Å². The van der Waals surface area contributed by atoms with E-state index in [4.69, 9.17) is 5.73 Å². The van der Waals surface area contributed by atoms with Crippen LogP contribution in [0.15, 0.2) is 17.3 Å². The summed E-state index contributed by atoms with van der Waals surface area (Å²) in [4.78, 5) is 0.121. The maximum Gasteiger partial charge on any atom is 0.184 e. The number of nitrogens with one attached hydrogen (secondary N) is 1. The normalized spacial score (nSPS) is 11.7. The third-order valence-corrected chi connectivity index (χ3v) is 5.57. The van der Waals surface area contributed by atoms with Gasteiger partial charge in [0.15, 0.2) is 15.7 Å². The smallest absolute Gasteiger partial charge is 0.184 e. The largest absolute Gasteiger partial charge is 0.382 e. The lowest BCUT2D eigenvalue weighted by Gasteiger charge is -2.06. The second-order valence-electron chi connectivity index (χ2n) is 4.33. The Morgan fingerprint density at radius 2 is 2.25 bits per heavy atom. The molecule has 0 saturated heterocycles. The lowest BCUT2D eigenvalue weighted by atomic mass is 10.2. The average Bonchev–Trinajstić information content (AvgIpc) is 2.96. The second kappa shape index (κ2) is 5.80. The van der Waals surface area contributed by atoms with E-state index in [-0.39, 0.29) is 16.5 Å². The van der Waals surface area contributed by atoms with Crippen LogP contribution in [0.1, 0.15) is 12.5 Å². The van der Waals surface area contributed by atoms with E-state index in [9.17, 15) is 8.42 Å². The summed E-state index contributed by atoms with van der Waals surface area (Å²) in [5.41, 5.74) is 6.74. The summed E-state index contributed by atoms with van der Waals surface area (Å²) < 4.78 is 29.6. The van der Waals surface area contributed by atoms with Gasteiger partial charge in [0, 0.05) is 19.8 Å². The molecule has 0 unspecified atom stereocenters. The maximum absolute atomic E-state index is 12.0. The third kappa shape index (κ3) is 3.10. The van der Waals surface area contributed by atoms with E-state index in [0.29, 0.717) is 11.5 Å². The highest BCUT2D eigenvalue weighted by atomic mass is 32.2. The van der Waals surface area contributed by atoms with Gasteiger partial charge in [-0.15, -0.1) is 0 Å². The molecule has 0 aliphatic carbocycles. The molecule has 7 nitrogen and oxygen atoms in total. The van der Waals surface area contributed by atoms with Gasteiger partial charge in [-0.25, -0.2) is 8.42 Å². The maximum atomic E-state index is 12.0. The molecule has 3 N–H and O–H groups in total. The zero-order valence-corrected chi connectivity index (χ0v) is 13.0. The molecule has 2 aromatic heterocycles. The molecule has 9 heteroatoms. The van der Waals surface area contributed by atoms with E-state index in [1.54, 1.807) is 17.8 Å². The average molecular weight is 315 g/mol. The monoisotopic (exact) mass is 315 g/mol. The number of rotatable bonds is 6. The second-order valence-corrected chi connectivity index (χ2v) is 7.32. The molecular weight excluding hydrogens is 298 g/mol. The first-order chi connectivity index (χ1) is 9.44. The van der Waals surface area contributed by atoms with Crippen molar-refractivity contribution < 1.29 is 8.42 Å². The SMILES string of the molecule is CCS(=O)(=O)c1c(N)nsc1NCCc1cnn(C)c1. The number of nitrogens with zero attached hydrogens (tertiary/aromatic N) is 3. The van der Waals surface area contributed by atoms with Crippen LogP contribution in [0.3, 0.4) is 0 Å². The molecule has 2 heterocycles. The number of hydrogen-bond acceptors (Lipinski definition) is 7. The van der Waals surface area contributed by atoms with Crippen LogP contribution in [0.2, 0.25) is 0 Å². The minimum atomic E-state index is -3.36. The van der Waals surface area contributed by atoms with Crippen LogP contribution in [0.25, 0.3) is 0 Å². The number of nitrogens with two attached hydrogens (primary N) is 1. The summed E-state index contributed by atoms with van der Waals surface area (Å²) in [5.74, 6) is 0.0770. The zero-order chi connectivity index (χ0) is 14.8. The van der Waals surface area contributed by atoms with Crippen LogP contribution in [-0.2, 0) is 23.3 Å². The molecule has 0 spiro atoms. The predicted octanol–water partition coefficient (Wildman–Crippen LogP) is 0.907. The number of anilines is 2. The molecule has 110 valence electrons. The molecule has 0 aliphatic rings. The highest BCUT2D eigenvalue weighted by Crippen LogP contribution is 2.32. The highest BCUT2D eigenvalue weighted by molar-refractivity contribution is 7.91. The van der Waals surface area contributed by atoms with E-state index < -0.39 is 9.84 Å². The van der Waals surface area contributed by atoms with Gasteiger partial charge in [-0.2, -0.15) is 9.47 Å². The Labute approximate surface area is 121 Å². The van der Waals surface area contributed by atoms with Crippen LogP contribution in [0, 0.1) is 0 Å². The highest BCUT2D eigenvalue weighted by Gasteiger charge is 2.23. The Morgan fingerprint density at radius 3 is 2.85 bits per heavy atom. The van der Waals surface area contributed by atoms with E-state index in [2.05, 4.69) is 14.8 Å². The van der Waals surface area contributed by atoms with Gasteiger partial charge >= 0.3 is 0 Å². The topological polar surface area (TPSA) is 103 Å². The molecule has 0 saturated carbocycles. The summed E-state index contributed by atoms with van der Waals surface area (Å²) in [6.45, 7) is 2.19. The summed E-state index contributed by atoms with van der Waals surface area (Å²) in [6.07, 6.45) is 4.45. The van der Waals surface area contributed by atoms with Crippen molar-refractivity contribution in [1.29, 1.82) is 0 Å². The Balaban J connectivity index is 2.07. The Morgan fingerprint density at radius 1 is 1.50 bits per heavy atom. The van der Waals surface area contributed by atoms with Crippen LogP contribution in [0.5, 0.6) is 0 Å². The number of aromatic nitrogens is 3. The van der Waals surface area contributed by atoms with Gasteiger partial charge in [-0.05, 0) is 23.5 Å². The van der Waals surface area contributed by atoms with Gasteiger partial charge in [-0.3, -0.25) is 4.68 Å². The predicted molar refractivity (Wildman–Crippen MR) is 79.7 cm³/mol. The van der Waals surface area contributed by atoms with Crippen molar-refractivity contribution in [3.05, 3.63) is 18.0 Å². The lowest BCUT2D eigenvalue weighted by molar-refractivity contribution is 0.598. The van der Waals surface area contributed by atoms with Crippen molar-refractivity contribution in [3.63, 3.8) is 0 Å². The van der Waals surface area contributed by atoms with Crippen LogP contribution >= 0.6 is 11.5 Å². The van der Waals surface area contributed by atoms with Gasteiger partial charge in [0.1, 0.15) is 9.90 Å². The van der Waals surface area contributed by atoms with Crippen molar-refractivity contribution in [2.45, 2.75) is 18.2 Å². The van der Waals surface area contributed by atoms with Gasteiger partial charge < -0.3 is 11.1 Å². The Hall–Kier alpha value is -1.61. The van der Waals surface area contributed by atoms with E-state index in [0.717, 1.165) is 23.5 Å². The molecule has 20 heavy (non-hydrogen) atoms. The first-order valence-corrected chi connectivity index (χ1v) is 8.56. The third-order valence-electron chi connectivity index (χ3n) is 2.82. The summed E-state index contributed by atoms with van der Waals surface area (Å²) in [5, 5.41) is 7.68. The first-order valence-electron chi connectivity index (χ1n) is 6.13. The molecular formula is C11H17N5O2S2. The molecule has 0 amide bonds. The molecule has 2 rings (SSSR count). The van der Waals surface area contributed by atoms with Gasteiger partial charge in [-0.1, -0.05) is 6.92 Å². The van der Waals surface area contributed by atoms with Crippen molar-refractivity contribution in [2.24, 2.45) is 7.05 Å². The molecule has 0 bridgehead atoms. The van der Waals surface area contributed by atoms with Crippen molar-refractivity contribution in [1.82, 2.24) is 14.2 Å². The van der Waals surface area contributed by atoms with Gasteiger partial charge in [0.05, 0.1) is 11.9 Å². The number of nitrogen functional groups attached to an aromatic ring is 1. The van der Waals surface area contributed by atoms with E-state index in [1.165, 1.54) is 0 Å². The summed E-state index contributed by atoms with van der Waals surface area (Å²) in [6, 6.07) is 0. The van der Waals surface area contributed by atoms with Crippen LogP contribution in [0.4, 0.5) is 10.8 Å². The molecule has 0 radical (unpaired) electrons. The van der Waals surface area contributed by atoms with E-state index in [1.807, 2.05) is 13.2 Å². The standard InChI is InChI=1S/C11H17N5O2S2/c1-3-20(17,18)9-10(12)15-19-11(9)13-5-4-8-6-14-16(2)7-8/h6-7,13H,3-5H2,1-2H3,(H2,12,15). The van der Waals surface area contributed by atoms with Crippen LogP contribution in [-0.4, -0.2) is 34.9 Å². The molecule has 0 aromatic carbocycles. The molecule has 2 aromatic rings. The minimum Gasteiger partial charge on any atom is -0.382 e. The Kier molecular flexibility index (Phi) is 4.29. The first kappa shape index (κ1) is 14.8. The van der Waals surface area contributed by atoms with E-state index >= 15 is 0 Å². The zero-order valence-electron chi connectivity index (χ0n) is 11.3. The molecule has 0 atom stereocenters. The van der Waals surface area contributed by atoms with Gasteiger partial charge in [0.2, 0.25) is 0 Å². The fourth-order valence-corrected chi connectivity index (χ4v) is 3.97. The fourth-order valence-electron chi connectivity index (χ4n) is 1.77. The summed E-state index contributed by atoms with van der Waals surface area (Å²) >= 11 is 1.07.